The summed E-state index contributed by atoms with van der Waals surface area (Å²) in [6.45, 7) is 3.99. The van der Waals surface area contributed by atoms with Crippen LogP contribution < -0.4 is 20.1 Å². The van der Waals surface area contributed by atoms with Gasteiger partial charge in [0.1, 0.15) is 6.04 Å². The number of amides is 1. The molecule has 0 saturated carbocycles. The van der Waals surface area contributed by atoms with Crippen LogP contribution in [0.3, 0.4) is 0 Å². The minimum Gasteiger partial charge on any atom is -0.493 e. The Hall–Kier alpha value is -2.53. The molecule has 0 aliphatic heterocycles. The van der Waals surface area contributed by atoms with E-state index in [1.165, 1.54) is 5.56 Å². The predicted octanol–water partition coefficient (Wildman–Crippen LogP) is 2.36. The van der Waals surface area contributed by atoms with Gasteiger partial charge in [-0.3, -0.25) is 4.79 Å². The Morgan fingerprint density at radius 2 is 1.67 bits per heavy atom. The van der Waals surface area contributed by atoms with Crippen LogP contribution in [0.1, 0.15) is 25.5 Å². The van der Waals surface area contributed by atoms with Crippen LogP contribution in [0, 0.1) is 0 Å². The quantitative estimate of drug-likeness (QED) is 0.819. The first-order valence-electron chi connectivity index (χ1n) is 7.98. The van der Waals surface area contributed by atoms with E-state index < -0.39 is 0 Å². The van der Waals surface area contributed by atoms with Gasteiger partial charge in [-0.25, -0.2) is 0 Å². The van der Waals surface area contributed by atoms with Crippen LogP contribution in [0.5, 0.6) is 11.5 Å². The van der Waals surface area contributed by atoms with Crippen molar-refractivity contribution in [1.82, 2.24) is 0 Å². The van der Waals surface area contributed by atoms with Gasteiger partial charge in [0.2, 0.25) is 0 Å². The van der Waals surface area contributed by atoms with E-state index in [9.17, 15) is 4.79 Å². The minimum atomic E-state index is -0.215. The molecule has 2 rings (SSSR count). The van der Waals surface area contributed by atoms with E-state index in [1.807, 2.05) is 30.4 Å². The van der Waals surface area contributed by atoms with Gasteiger partial charge in [0.05, 0.1) is 14.2 Å². The zero-order valence-corrected chi connectivity index (χ0v) is 14.6. The molecule has 24 heavy (non-hydrogen) atoms. The Kier molecular flexibility index (Phi) is 6.21. The molecule has 0 aromatic heterocycles. The lowest BCUT2D eigenvalue weighted by atomic mass is 10.1. The standard InChI is InChI=1S/C19H24N2O3/c1-13(15-8-6-5-7-9-15)20-14(2)19(22)21-16-10-11-17(23-3)18(12-16)24-4/h5-14,20H,1-4H3,(H,21,22)/p+1/t13-,14-/m0/s1. The summed E-state index contributed by atoms with van der Waals surface area (Å²) in [5.41, 5.74) is 1.88. The van der Waals surface area contributed by atoms with E-state index in [-0.39, 0.29) is 18.0 Å². The van der Waals surface area contributed by atoms with Crippen molar-refractivity contribution < 1.29 is 19.6 Å². The summed E-state index contributed by atoms with van der Waals surface area (Å²) < 4.78 is 10.5. The number of nitrogens with one attached hydrogen (secondary N) is 1. The molecule has 2 aromatic carbocycles. The van der Waals surface area contributed by atoms with Crippen LogP contribution in [-0.4, -0.2) is 26.2 Å². The number of rotatable bonds is 7. The van der Waals surface area contributed by atoms with Gasteiger partial charge in [0, 0.05) is 17.3 Å². The van der Waals surface area contributed by atoms with Gasteiger partial charge in [-0.05, 0) is 26.0 Å². The largest absolute Gasteiger partial charge is 0.493 e. The third-order valence-electron chi connectivity index (χ3n) is 3.97. The van der Waals surface area contributed by atoms with Crippen molar-refractivity contribution in [2.45, 2.75) is 25.9 Å². The van der Waals surface area contributed by atoms with E-state index in [0.29, 0.717) is 17.2 Å². The summed E-state index contributed by atoms with van der Waals surface area (Å²) >= 11 is 0. The lowest BCUT2D eigenvalue weighted by Gasteiger charge is -2.17. The lowest BCUT2D eigenvalue weighted by molar-refractivity contribution is -0.709. The lowest BCUT2D eigenvalue weighted by Crippen LogP contribution is -2.91. The van der Waals surface area contributed by atoms with Crippen molar-refractivity contribution >= 4 is 11.6 Å². The SMILES string of the molecule is COc1ccc(NC(=O)[C@H](C)[NH2+][C@@H](C)c2ccccc2)cc1OC. The second-order valence-electron chi connectivity index (χ2n) is 5.74. The second kappa shape index (κ2) is 8.36. The van der Waals surface area contributed by atoms with Crippen LogP contribution >= 0.6 is 0 Å². The Labute approximate surface area is 143 Å². The molecule has 0 heterocycles. The first-order chi connectivity index (χ1) is 11.5. The Bertz CT molecular complexity index is 674. The van der Waals surface area contributed by atoms with Crippen LogP contribution in [-0.2, 0) is 4.79 Å². The Morgan fingerprint density at radius 3 is 2.29 bits per heavy atom. The van der Waals surface area contributed by atoms with Gasteiger partial charge < -0.3 is 20.1 Å². The smallest absolute Gasteiger partial charge is 0.282 e. The fourth-order valence-electron chi connectivity index (χ4n) is 2.56. The number of benzene rings is 2. The molecule has 5 heteroatoms. The van der Waals surface area contributed by atoms with Gasteiger partial charge in [-0.1, -0.05) is 30.3 Å². The van der Waals surface area contributed by atoms with Crippen molar-refractivity contribution in [2.24, 2.45) is 0 Å². The molecule has 0 spiro atoms. The molecule has 0 aliphatic rings. The normalized spacial score (nSPS) is 13.0. The maximum atomic E-state index is 12.4. The number of hydrogen-bond acceptors (Lipinski definition) is 3. The monoisotopic (exact) mass is 329 g/mol. The number of anilines is 1. The maximum absolute atomic E-state index is 12.4. The van der Waals surface area contributed by atoms with E-state index in [4.69, 9.17) is 9.47 Å². The van der Waals surface area contributed by atoms with Crippen LogP contribution in [0.15, 0.2) is 48.5 Å². The highest BCUT2D eigenvalue weighted by Crippen LogP contribution is 2.29. The van der Waals surface area contributed by atoms with Crippen molar-refractivity contribution in [2.75, 3.05) is 19.5 Å². The highest BCUT2D eigenvalue weighted by atomic mass is 16.5. The minimum absolute atomic E-state index is 0.0509. The molecule has 5 nitrogen and oxygen atoms in total. The van der Waals surface area contributed by atoms with Gasteiger partial charge in [-0.15, -0.1) is 0 Å². The van der Waals surface area contributed by atoms with Gasteiger partial charge in [0.15, 0.2) is 17.5 Å². The Balaban J connectivity index is 1.99. The van der Waals surface area contributed by atoms with Crippen molar-refractivity contribution in [3.05, 3.63) is 54.1 Å². The van der Waals surface area contributed by atoms with E-state index >= 15 is 0 Å². The summed E-state index contributed by atoms with van der Waals surface area (Å²) in [6.07, 6.45) is 0. The van der Waals surface area contributed by atoms with E-state index in [2.05, 4.69) is 24.4 Å². The topological polar surface area (TPSA) is 64.2 Å². The highest BCUT2D eigenvalue weighted by Gasteiger charge is 2.20. The molecule has 0 fully saturated rings. The summed E-state index contributed by atoms with van der Waals surface area (Å²) in [5.74, 6) is 1.17. The van der Waals surface area contributed by atoms with E-state index in [1.54, 1.807) is 32.4 Å². The summed E-state index contributed by atoms with van der Waals surface area (Å²) in [6, 6.07) is 15.5. The molecule has 0 radical (unpaired) electrons. The van der Waals surface area contributed by atoms with Crippen molar-refractivity contribution in [3.8, 4) is 11.5 Å². The predicted molar refractivity (Wildman–Crippen MR) is 94.4 cm³/mol. The molecule has 0 bridgehead atoms. The molecule has 0 saturated heterocycles. The zero-order chi connectivity index (χ0) is 17.5. The number of carbonyl (C=O) groups excluding carboxylic acids is 1. The summed E-state index contributed by atoms with van der Waals surface area (Å²) in [4.78, 5) is 12.4. The molecule has 3 N–H and O–H groups in total. The molecule has 2 atom stereocenters. The third kappa shape index (κ3) is 4.49. The number of methoxy groups -OCH3 is 2. The number of hydrogen-bond donors (Lipinski definition) is 2. The fourth-order valence-corrected chi connectivity index (χ4v) is 2.56. The molecule has 0 unspecified atom stereocenters. The van der Waals surface area contributed by atoms with Crippen molar-refractivity contribution in [3.63, 3.8) is 0 Å². The number of carbonyl (C=O) groups is 1. The van der Waals surface area contributed by atoms with Gasteiger partial charge in [0.25, 0.3) is 5.91 Å². The molecular formula is C19H25N2O3+. The highest BCUT2D eigenvalue weighted by molar-refractivity contribution is 5.93. The summed E-state index contributed by atoms with van der Waals surface area (Å²) in [5, 5.41) is 4.97. The van der Waals surface area contributed by atoms with Crippen LogP contribution in [0.4, 0.5) is 5.69 Å². The average molecular weight is 329 g/mol. The van der Waals surface area contributed by atoms with Crippen LogP contribution in [0.2, 0.25) is 0 Å². The third-order valence-corrected chi connectivity index (χ3v) is 3.97. The Morgan fingerprint density at radius 1 is 1.00 bits per heavy atom. The zero-order valence-electron chi connectivity index (χ0n) is 14.6. The van der Waals surface area contributed by atoms with Crippen molar-refractivity contribution in [1.29, 1.82) is 0 Å². The average Bonchev–Trinajstić information content (AvgIpc) is 2.62. The molecular weight excluding hydrogens is 304 g/mol. The molecule has 2 aromatic rings. The number of ether oxygens (including phenoxy) is 2. The fraction of sp³-hybridized carbons (Fsp3) is 0.316. The van der Waals surface area contributed by atoms with Crippen LogP contribution in [0.25, 0.3) is 0 Å². The van der Waals surface area contributed by atoms with E-state index in [0.717, 1.165) is 0 Å². The summed E-state index contributed by atoms with van der Waals surface area (Å²) in [7, 11) is 3.15. The molecule has 128 valence electrons. The number of nitrogens with two attached hydrogens (primary N) is 1. The first kappa shape index (κ1) is 17.8. The molecule has 1 amide bonds. The number of quaternary nitrogens is 1. The second-order valence-corrected chi connectivity index (χ2v) is 5.74. The first-order valence-corrected chi connectivity index (χ1v) is 7.98. The maximum Gasteiger partial charge on any atom is 0.282 e. The van der Waals surface area contributed by atoms with Gasteiger partial charge >= 0.3 is 0 Å². The molecule has 0 aliphatic carbocycles. The van der Waals surface area contributed by atoms with Gasteiger partial charge in [-0.2, -0.15) is 0 Å².